The van der Waals surface area contributed by atoms with E-state index in [1.54, 1.807) is 68.4 Å². The van der Waals surface area contributed by atoms with Gasteiger partial charge in [0.15, 0.2) is 5.76 Å². The first-order valence-electron chi connectivity index (χ1n) is 11.4. The van der Waals surface area contributed by atoms with E-state index in [4.69, 9.17) is 4.52 Å². The van der Waals surface area contributed by atoms with Crippen molar-refractivity contribution in [3.8, 4) is 22.8 Å². The van der Waals surface area contributed by atoms with E-state index in [1.807, 2.05) is 6.07 Å². The Kier molecular flexibility index (Phi) is 5.77. The third-order valence-electron chi connectivity index (χ3n) is 5.80. The van der Waals surface area contributed by atoms with Gasteiger partial charge in [-0.05, 0) is 32.0 Å². The third kappa shape index (κ3) is 4.68. The number of anilines is 2. The van der Waals surface area contributed by atoms with Gasteiger partial charge in [0.2, 0.25) is 11.5 Å². The monoisotopic (exact) mass is 490 g/mol. The molecule has 1 aliphatic rings. The second-order valence-electron chi connectivity index (χ2n) is 9.45. The Morgan fingerprint density at radius 3 is 2.64 bits per heavy atom. The number of hydrogen-bond donors (Lipinski definition) is 3. The summed E-state index contributed by atoms with van der Waals surface area (Å²) in [6.07, 6.45) is 5.24. The number of nitrogens with zero attached hydrogens (tertiary/aromatic N) is 7. The normalized spacial score (nSPS) is 18.1. The molecule has 0 aromatic carbocycles. The Balaban J connectivity index is 1.36. The first-order valence-corrected chi connectivity index (χ1v) is 11.4. The Hall–Kier alpha value is -4.16. The fourth-order valence-electron chi connectivity index (χ4n) is 3.99. The summed E-state index contributed by atoms with van der Waals surface area (Å²) in [6.45, 7) is 4.20. The van der Waals surface area contributed by atoms with Crippen LogP contribution in [-0.4, -0.2) is 70.1 Å². The lowest BCUT2D eigenvalue weighted by atomic mass is 9.98. The van der Waals surface area contributed by atoms with E-state index in [2.05, 4.69) is 30.5 Å². The molecule has 12 nitrogen and oxygen atoms in total. The quantitative estimate of drug-likeness (QED) is 0.350. The van der Waals surface area contributed by atoms with Crippen LogP contribution in [-0.2, 0) is 16.9 Å². The maximum absolute atomic E-state index is 12.4. The van der Waals surface area contributed by atoms with Crippen molar-refractivity contribution in [3.05, 3.63) is 54.7 Å². The molecule has 0 bridgehead atoms. The highest BCUT2D eigenvalue weighted by Gasteiger charge is 2.48. The lowest BCUT2D eigenvalue weighted by Crippen LogP contribution is -2.35. The molecular formula is C24H26N8O4. The predicted molar refractivity (Wildman–Crippen MR) is 129 cm³/mol. The molecule has 4 aromatic rings. The maximum atomic E-state index is 12.4. The summed E-state index contributed by atoms with van der Waals surface area (Å²) in [6, 6.07) is 8.65. The summed E-state index contributed by atoms with van der Waals surface area (Å²) in [7, 11) is 1.63. The van der Waals surface area contributed by atoms with Gasteiger partial charge in [0, 0.05) is 38.5 Å². The maximum Gasteiger partial charge on any atom is 0.262 e. The number of rotatable bonds is 7. The second kappa shape index (κ2) is 8.81. The number of amides is 1. The molecule has 1 fully saturated rings. The minimum atomic E-state index is -1.72. The van der Waals surface area contributed by atoms with Gasteiger partial charge in [-0.25, -0.2) is 15.0 Å². The van der Waals surface area contributed by atoms with Gasteiger partial charge in [-0.2, -0.15) is 5.10 Å². The van der Waals surface area contributed by atoms with Crippen LogP contribution in [0.2, 0.25) is 0 Å². The Morgan fingerprint density at radius 2 is 1.92 bits per heavy atom. The van der Waals surface area contributed by atoms with Crippen LogP contribution in [0, 0.1) is 0 Å². The van der Waals surface area contributed by atoms with E-state index >= 15 is 0 Å². The van der Waals surface area contributed by atoms with Crippen LogP contribution < -0.4 is 5.32 Å². The number of aromatic nitrogens is 6. The van der Waals surface area contributed by atoms with E-state index in [0.717, 1.165) is 0 Å². The van der Waals surface area contributed by atoms with E-state index in [1.165, 1.54) is 4.90 Å². The predicted octanol–water partition coefficient (Wildman–Crippen LogP) is 1.95. The van der Waals surface area contributed by atoms with Crippen molar-refractivity contribution in [3.63, 3.8) is 0 Å². The molecule has 0 aliphatic carbocycles. The number of carbonyl (C=O) groups excluding carboxylic acids is 1. The van der Waals surface area contributed by atoms with E-state index in [0.29, 0.717) is 47.5 Å². The minimum absolute atomic E-state index is 0.0951. The van der Waals surface area contributed by atoms with E-state index < -0.39 is 17.1 Å². The number of carbonyl (C=O) groups is 1. The fourth-order valence-corrected chi connectivity index (χ4v) is 3.99. The summed E-state index contributed by atoms with van der Waals surface area (Å²) in [4.78, 5) is 27.3. The van der Waals surface area contributed by atoms with Gasteiger partial charge in [0.05, 0.1) is 41.1 Å². The van der Waals surface area contributed by atoms with Gasteiger partial charge in [0.1, 0.15) is 5.69 Å². The van der Waals surface area contributed by atoms with Gasteiger partial charge >= 0.3 is 0 Å². The minimum Gasteiger partial charge on any atom is -0.389 e. The highest BCUT2D eigenvalue weighted by atomic mass is 16.5. The Labute approximate surface area is 206 Å². The molecule has 186 valence electrons. The van der Waals surface area contributed by atoms with Crippen LogP contribution in [0.15, 0.2) is 53.4 Å². The number of pyridine rings is 1. The van der Waals surface area contributed by atoms with Gasteiger partial charge < -0.3 is 25.0 Å². The molecule has 4 aromatic heterocycles. The molecule has 12 heteroatoms. The topological polar surface area (TPSA) is 155 Å². The number of nitrogens with one attached hydrogen (secondary N) is 1. The second-order valence-corrected chi connectivity index (χ2v) is 9.45. The Morgan fingerprint density at radius 1 is 1.17 bits per heavy atom. The average Bonchev–Trinajstić information content (AvgIpc) is 3.56. The first-order chi connectivity index (χ1) is 17.1. The van der Waals surface area contributed by atoms with Crippen molar-refractivity contribution in [1.82, 2.24) is 34.8 Å². The van der Waals surface area contributed by atoms with Crippen LogP contribution in [0.25, 0.3) is 22.8 Å². The lowest BCUT2D eigenvalue weighted by Gasteiger charge is -2.16. The molecule has 0 unspecified atom stereocenters. The van der Waals surface area contributed by atoms with Crippen molar-refractivity contribution < 1.29 is 19.5 Å². The lowest BCUT2D eigenvalue weighted by molar-refractivity contribution is -0.144. The van der Waals surface area contributed by atoms with Crippen LogP contribution in [0.3, 0.4) is 0 Å². The van der Waals surface area contributed by atoms with Crippen molar-refractivity contribution in [2.24, 2.45) is 0 Å². The molecule has 0 spiro atoms. The van der Waals surface area contributed by atoms with Crippen molar-refractivity contribution >= 4 is 17.5 Å². The summed E-state index contributed by atoms with van der Waals surface area (Å²) >= 11 is 0. The summed E-state index contributed by atoms with van der Waals surface area (Å²) in [5.41, 5.74) is 0.134. The first kappa shape index (κ1) is 23.6. The smallest absolute Gasteiger partial charge is 0.262 e. The molecule has 0 radical (unpaired) electrons. The summed E-state index contributed by atoms with van der Waals surface area (Å²) in [5.74, 6) is 0.0357. The number of likely N-dealkylation sites (tertiary alicyclic amines) is 1. The van der Waals surface area contributed by atoms with Gasteiger partial charge in [-0.3, -0.25) is 9.48 Å². The van der Waals surface area contributed by atoms with Gasteiger partial charge in [0.25, 0.3) is 5.91 Å². The zero-order valence-electron chi connectivity index (χ0n) is 20.1. The summed E-state index contributed by atoms with van der Waals surface area (Å²) in [5, 5.41) is 32.2. The fraction of sp³-hybridized carbons (Fsp3) is 0.333. The van der Waals surface area contributed by atoms with E-state index in [9.17, 15) is 15.0 Å². The number of hydrogen-bond acceptors (Lipinski definition) is 10. The zero-order valence-corrected chi connectivity index (χ0v) is 20.1. The molecule has 1 atom stereocenters. The van der Waals surface area contributed by atoms with Crippen molar-refractivity contribution in [2.75, 3.05) is 18.9 Å². The highest BCUT2D eigenvalue weighted by molar-refractivity contribution is 5.87. The standard InChI is InChI=1S/C24H26N8O4/c1-23(2,34)14-32-13-15(12-26-32)27-22-25-9-7-18(29-22)16-5-4-6-17(28-16)19-11-20(36-30-19)24(35)8-10-31(3)21(24)33/h4-7,9,11-13,34-35H,8,10,14H2,1-3H3,(H,25,27,29)/t24-/m1/s1. The molecule has 0 saturated carbocycles. The van der Waals surface area contributed by atoms with Crippen LogP contribution in [0.1, 0.15) is 26.0 Å². The summed E-state index contributed by atoms with van der Waals surface area (Å²) < 4.78 is 6.98. The van der Waals surface area contributed by atoms with Crippen LogP contribution >= 0.6 is 0 Å². The largest absolute Gasteiger partial charge is 0.389 e. The molecule has 5 heterocycles. The SMILES string of the molecule is CN1CC[C@@](O)(c2cc(-c3cccc(-c4ccnc(Nc5cnn(CC(C)(C)O)c5)n4)n3)no2)C1=O. The Bertz CT molecular complexity index is 1410. The molecule has 1 amide bonds. The number of likely N-dealkylation sites (N-methyl/N-ethyl adjacent to an activating group) is 1. The third-order valence-corrected chi connectivity index (χ3v) is 5.80. The molecular weight excluding hydrogens is 464 g/mol. The number of aliphatic hydroxyl groups is 2. The molecule has 1 aliphatic heterocycles. The molecule has 1 saturated heterocycles. The zero-order chi connectivity index (χ0) is 25.5. The average molecular weight is 491 g/mol. The highest BCUT2D eigenvalue weighted by Crippen LogP contribution is 2.34. The van der Waals surface area contributed by atoms with Crippen molar-refractivity contribution in [1.29, 1.82) is 0 Å². The van der Waals surface area contributed by atoms with Gasteiger partial charge in [-0.1, -0.05) is 11.2 Å². The molecule has 36 heavy (non-hydrogen) atoms. The van der Waals surface area contributed by atoms with Crippen molar-refractivity contribution in [2.45, 2.75) is 38.0 Å². The van der Waals surface area contributed by atoms with E-state index in [-0.39, 0.29) is 12.2 Å². The van der Waals surface area contributed by atoms with Crippen LogP contribution in [0.4, 0.5) is 11.6 Å². The molecule has 5 rings (SSSR count). The van der Waals surface area contributed by atoms with Crippen LogP contribution in [0.5, 0.6) is 0 Å². The molecule has 3 N–H and O–H groups in total. The van der Waals surface area contributed by atoms with Gasteiger partial charge in [-0.15, -0.1) is 0 Å².